The Morgan fingerprint density at radius 2 is 1.90 bits per heavy atom. The van der Waals surface area contributed by atoms with Gasteiger partial charge in [0.1, 0.15) is 4.90 Å². The molecule has 4 N–H and O–H groups in total. The summed E-state index contributed by atoms with van der Waals surface area (Å²) in [7, 11) is -4.09. The van der Waals surface area contributed by atoms with E-state index < -0.39 is 27.5 Å². The first-order valence-electron chi connectivity index (χ1n) is 5.32. The van der Waals surface area contributed by atoms with E-state index in [1.807, 2.05) is 4.72 Å². The molecule has 0 fully saturated rings. The van der Waals surface area contributed by atoms with Crippen LogP contribution in [0.4, 0.5) is 24.5 Å². The number of nitrogens with one attached hydrogen (secondary N) is 2. The van der Waals surface area contributed by atoms with Crippen LogP contribution in [-0.4, -0.2) is 13.4 Å². The standard InChI is InChI=1S/C11H10F3N3O2S/c12-11(13,14)9-5-7(15)1-2-10(9)17-20(18,19)8-3-4-16-6-8/h1-6,16-17H,15H2. The van der Waals surface area contributed by atoms with Gasteiger partial charge in [-0.3, -0.25) is 4.72 Å². The van der Waals surface area contributed by atoms with Gasteiger partial charge in [-0.15, -0.1) is 0 Å². The molecule has 0 radical (unpaired) electrons. The summed E-state index contributed by atoms with van der Waals surface area (Å²) in [6, 6.07) is 4.06. The molecule has 1 heterocycles. The number of aromatic amines is 1. The van der Waals surface area contributed by atoms with Crippen LogP contribution in [0, 0.1) is 0 Å². The molecule has 0 bridgehead atoms. The van der Waals surface area contributed by atoms with Crippen LogP contribution in [0.25, 0.3) is 0 Å². The minimum Gasteiger partial charge on any atom is -0.399 e. The highest BCUT2D eigenvalue weighted by Gasteiger charge is 2.34. The van der Waals surface area contributed by atoms with Gasteiger partial charge in [0.15, 0.2) is 0 Å². The third-order valence-corrected chi connectivity index (χ3v) is 3.84. The van der Waals surface area contributed by atoms with E-state index in [1.54, 1.807) is 0 Å². The topological polar surface area (TPSA) is 88.0 Å². The summed E-state index contributed by atoms with van der Waals surface area (Å²) in [5, 5.41) is 0. The summed E-state index contributed by atoms with van der Waals surface area (Å²) in [6.45, 7) is 0. The first-order chi connectivity index (χ1) is 9.20. The number of hydrogen-bond donors (Lipinski definition) is 3. The lowest BCUT2D eigenvalue weighted by atomic mass is 10.1. The van der Waals surface area contributed by atoms with Crippen molar-refractivity contribution in [3.05, 3.63) is 42.2 Å². The monoisotopic (exact) mass is 305 g/mol. The van der Waals surface area contributed by atoms with E-state index in [1.165, 1.54) is 18.3 Å². The fourth-order valence-corrected chi connectivity index (χ4v) is 2.62. The smallest absolute Gasteiger partial charge is 0.399 e. The molecule has 0 unspecified atom stereocenters. The largest absolute Gasteiger partial charge is 0.418 e. The van der Waals surface area contributed by atoms with Crippen LogP contribution in [0.15, 0.2) is 41.6 Å². The number of nitrogen functional groups attached to an aromatic ring is 1. The molecule has 0 aliphatic rings. The highest BCUT2D eigenvalue weighted by Crippen LogP contribution is 2.36. The second kappa shape index (κ2) is 4.75. The molecule has 20 heavy (non-hydrogen) atoms. The van der Waals surface area contributed by atoms with E-state index in [9.17, 15) is 21.6 Å². The van der Waals surface area contributed by atoms with Crippen LogP contribution in [0.1, 0.15) is 5.56 Å². The van der Waals surface area contributed by atoms with E-state index in [0.717, 1.165) is 12.3 Å². The van der Waals surface area contributed by atoms with Crippen molar-refractivity contribution in [1.29, 1.82) is 0 Å². The van der Waals surface area contributed by atoms with E-state index >= 15 is 0 Å². The van der Waals surface area contributed by atoms with Crippen LogP contribution < -0.4 is 10.5 Å². The Morgan fingerprint density at radius 1 is 1.20 bits per heavy atom. The van der Waals surface area contributed by atoms with Crippen molar-refractivity contribution in [1.82, 2.24) is 4.98 Å². The zero-order chi connectivity index (χ0) is 15.0. The first-order valence-corrected chi connectivity index (χ1v) is 6.81. The van der Waals surface area contributed by atoms with E-state index in [0.29, 0.717) is 6.07 Å². The van der Waals surface area contributed by atoms with Crippen LogP contribution in [0.5, 0.6) is 0 Å². The highest BCUT2D eigenvalue weighted by molar-refractivity contribution is 7.92. The molecular weight excluding hydrogens is 295 g/mol. The molecule has 9 heteroatoms. The Labute approximate surface area is 112 Å². The molecule has 108 valence electrons. The second-order valence-corrected chi connectivity index (χ2v) is 5.64. The number of hydrogen-bond acceptors (Lipinski definition) is 3. The zero-order valence-corrected chi connectivity index (χ0v) is 10.7. The van der Waals surface area contributed by atoms with E-state index in [4.69, 9.17) is 5.73 Å². The number of H-pyrrole nitrogens is 1. The number of alkyl halides is 3. The lowest BCUT2D eigenvalue weighted by molar-refractivity contribution is -0.136. The molecule has 2 rings (SSSR count). The molecule has 1 aromatic carbocycles. The Morgan fingerprint density at radius 3 is 2.45 bits per heavy atom. The number of nitrogens with two attached hydrogens (primary N) is 1. The van der Waals surface area contributed by atoms with Crippen molar-refractivity contribution >= 4 is 21.4 Å². The van der Waals surface area contributed by atoms with Crippen molar-refractivity contribution < 1.29 is 21.6 Å². The molecule has 0 amide bonds. The number of rotatable bonds is 3. The summed E-state index contributed by atoms with van der Waals surface area (Å²) in [5.41, 5.74) is 3.47. The summed E-state index contributed by atoms with van der Waals surface area (Å²) in [5.74, 6) is 0. The third kappa shape index (κ3) is 2.87. The lowest BCUT2D eigenvalue weighted by Gasteiger charge is -2.14. The summed E-state index contributed by atoms with van der Waals surface area (Å²) in [4.78, 5) is 2.35. The molecule has 0 spiro atoms. The predicted molar refractivity (Wildman–Crippen MR) is 67.5 cm³/mol. The van der Waals surface area contributed by atoms with Gasteiger partial charge in [0.2, 0.25) is 0 Å². The maximum absolute atomic E-state index is 12.8. The van der Waals surface area contributed by atoms with Gasteiger partial charge in [0, 0.05) is 18.1 Å². The Kier molecular flexibility index (Phi) is 3.38. The van der Waals surface area contributed by atoms with Crippen LogP contribution in [-0.2, 0) is 16.2 Å². The van der Waals surface area contributed by atoms with Crippen molar-refractivity contribution in [3.8, 4) is 0 Å². The number of aromatic nitrogens is 1. The van der Waals surface area contributed by atoms with Gasteiger partial charge in [-0.05, 0) is 24.3 Å². The minimum atomic E-state index is -4.72. The predicted octanol–water partition coefficient (Wildman–Crippen LogP) is 2.42. The minimum absolute atomic E-state index is 0.109. The molecule has 5 nitrogen and oxygen atoms in total. The average Bonchev–Trinajstić information content (AvgIpc) is 2.84. The second-order valence-electron chi connectivity index (χ2n) is 3.95. The number of anilines is 2. The van der Waals surface area contributed by atoms with Crippen molar-refractivity contribution in [2.75, 3.05) is 10.5 Å². The van der Waals surface area contributed by atoms with Crippen molar-refractivity contribution in [3.63, 3.8) is 0 Å². The van der Waals surface area contributed by atoms with Crippen LogP contribution >= 0.6 is 0 Å². The van der Waals surface area contributed by atoms with Gasteiger partial charge in [0.05, 0.1) is 11.3 Å². The highest BCUT2D eigenvalue weighted by atomic mass is 32.2. The molecule has 0 saturated heterocycles. The quantitative estimate of drug-likeness (QED) is 0.761. The molecule has 0 aliphatic carbocycles. The Hall–Kier alpha value is -2.16. The maximum atomic E-state index is 12.8. The first kappa shape index (κ1) is 14.3. The summed E-state index contributed by atoms with van der Waals surface area (Å²) >= 11 is 0. The van der Waals surface area contributed by atoms with E-state index in [-0.39, 0.29) is 10.6 Å². The Bertz CT molecular complexity index is 709. The molecular formula is C11H10F3N3O2S. The fraction of sp³-hybridized carbons (Fsp3) is 0.0909. The number of benzene rings is 1. The molecule has 1 aromatic heterocycles. The molecule has 2 aromatic rings. The van der Waals surface area contributed by atoms with Gasteiger partial charge in [-0.1, -0.05) is 0 Å². The van der Waals surface area contributed by atoms with Crippen molar-refractivity contribution in [2.45, 2.75) is 11.1 Å². The number of halogens is 3. The summed E-state index contributed by atoms with van der Waals surface area (Å²) < 4.78 is 64.2. The van der Waals surface area contributed by atoms with Crippen molar-refractivity contribution in [2.24, 2.45) is 0 Å². The average molecular weight is 305 g/mol. The van der Waals surface area contributed by atoms with Gasteiger partial charge in [-0.2, -0.15) is 13.2 Å². The van der Waals surface area contributed by atoms with Crippen LogP contribution in [0.2, 0.25) is 0 Å². The molecule has 0 atom stereocenters. The molecule has 0 aliphatic heterocycles. The lowest BCUT2D eigenvalue weighted by Crippen LogP contribution is -2.17. The maximum Gasteiger partial charge on any atom is 0.418 e. The van der Waals surface area contributed by atoms with Gasteiger partial charge >= 0.3 is 6.18 Å². The zero-order valence-electron chi connectivity index (χ0n) is 9.90. The normalized spacial score (nSPS) is 12.3. The van der Waals surface area contributed by atoms with Gasteiger partial charge < -0.3 is 10.7 Å². The third-order valence-electron chi connectivity index (χ3n) is 2.47. The fourth-order valence-electron chi connectivity index (χ4n) is 1.56. The summed E-state index contributed by atoms with van der Waals surface area (Å²) in [6.07, 6.45) is -2.21. The number of sulfonamides is 1. The van der Waals surface area contributed by atoms with Gasteiger partial charge in [0.25, 0.3) is 10.0 Å². The van der Waals surface area contributed by atoms with E-state index in [2.05, 4.69) is 4.98 Å². The molecule has 0 saturated carbocycles. The van der Waals surface area contributed by atoms with Crippen LogP contribution in [0.3, 0.4) is 0 Å². The SMILES string of the molecule is Nc1ccc(NS(=O)(=O)c2cc[nH]c2)c(C(F)(F)F)c1. The Balaban J connectivity index is 2.45. The van der Waals surface area contributed by atoms with Gasteiger partial charge in [-0.25, -0.2) is 8.42 Å².